The molecule has 18 heavy (non-hydrogen) atoms. The zero-order valence-electron chi connectivity index (χ0n) is 10.4. The molecule has 0 atom stereocenters. The van der Waals surface area contributed by atoms with Crippen molar-refractivity contribution in [3.05, 3.63) is 53.6 Å². The molecule has 0 spiro atoms. The van der Waals surface area contributed by atoms with Crippen LogP contribution in [0.15, 0.2) is 36.7 Å². The van der Waals surface area contributed by atoms with Gasteiger partial charge in [0.05, 0.1) is 17.7 Å². The molecular formula is C14H18N4. The molecule has 3 rings (SSSR count). The molecule has 1 aromatic carbocycles. The lowest BCUT2D eigenvalue weighted by Crippen LogP contribution is -2.33. The number of hydrogen-bond acceptors (Lipinski definition) is 3. The summed E-state index contributed by atoms with van der Waals surface area (Å²) in [4.78, 5) is 6.82. The van der Waals surface area contributed by atoms with E-state index in [9.17, 15) is 0 Å². The first-order valence-corrected chi connectivity index (χ1v) is 6.36. The molecule has 0 bridgehead atoms. The average molecular weight is 242 g/mol. The van der Waals surface area contributed by atoms with E-state index >= 15 is 0 Å². The van der Waals surface area contributed by atoms with Gasteiger partial charge in [0.25, 0.3) is 0 Å². The molecule has 1 aromatic heterocycles. The summed E-state index contributed by atoms with van der Waals surface area (Å²) in [5.74, 6) is 0. The first-order chi connectivity index (χ1) is 8.86. The highest BCUT2D eigenvalue weighted by Crippen LogP contribution is 2.17. The van der Waals surface area contributed by atoms with Gasteiger partial charge < -0.3 is 10.3 Å². The van der Waals surface area contributed by atoms with E-state index in [2.05, 4.69) is 44.8 Å². The van der Waals surface area contributed by atoms with Gasteiger partial charge in [-0.05, 0) is 5.56 Å². The lowest BCUT2D eigenvalue weighted by Gasteiger charge is -2.28. The Morgan fingerprint density at radius 2 is 2.00 bits per heavy atom. The Morgan fingerprint density at radius 1 is 1.17 bits per heavy atom. The number of imidazole rings is 1. The first kappa shape index (κ1) is 11.4. The standard InChI is InChI=1S/C14H18N4/c15-8-13-14-10-17(6-7-18(14)11-16-13)9-12-4-2-1-3-5-12/h1-5,11H,6-10,15H2. The Kier molecular flexibility index (Phi) is 3.13. The minimum atomic E-state index is 0.529. The van der Waals surface area contributed by atoms with Crippen LogP contribution in [-0.4, -0.2) is 21.0 Å². The van der Waals surface area contributed by atoms with Gasteiger partial charge >= 0.3 is 0 Å². The van der Waals surface area contributed by atoms with Crippen LogP contribution in [0.2, 0.25) is 0 Å². The number of aromatic nitrogens is 2. The van der Waals surface area contributed by atoms with Crippen LogP contribution >= 0.6 is 0 Å². The molecule has 0 saturated carbocycles. The Bertz CT molecular complexity index is 504. The molecule has 0 fully saturated rings. The van der Waals surface area contributed by atoms with Crippen LogP contribution in [0.25, 0.3) is 0 Å². The van der Waals surface area contributed by atoms with Gasteiger partial charge in [0, 0.05) is 32.7 Å². The maximum Gasteiger partial charge on any atom is 0.0953 e. The third kappa shape index (κ3) is 2.17. The van der Waals surface area contributed by atoms with Crippen molar-refractivity contribution in [3.8, 4) is 0 Å². The van der Waals surface area contributed by atoms with Crippen molar-refractivity contribution in [1.29, 1.82) is 0 Å². The van der Waals surface area contributed by atoms with Gasteiger partial charge in [0.15, 0.2) is 0 Å². The van der Waals surface area contributed by atoms with Crippen LogP contribution < -0.4 is 5.73 Å². The number of nitrogens with zero attached hydrogens (tertiary/aromatic N) is 3. The second-order valence-corrected chi connectivity index (χ2v) is 4.73. The highest BCUT2D eigenvalue weighted by atomic mass is 15.2. The van der Waals surface area contributed by atoms with E-state index < -0.39 is 0 Å². The summed E-state index contributed by atoms with van der Waals surface area (Å²) in [6.45, 7) is 4.55. The second kappa shape index (κ2) is 4.92. The molecule has 0 aliphatic carbocycles. The Balaban J connectivity index is 1.74. The molecule has 2 heterocycles. The summed E-state index contributed by atoms with van der Waals surface area (Å²) in [6.07, 6.45) is 1.91. The largest absolute Gasteiger partial charge is 0.332 e. The normalized spacial score (nSPS) is 15.6. The fourth-order valence-electron chi connectivity index (χ4n) is 2.51. The highest BCUT2D eigenvalue weighted by Gasteiger charge is 2.19. The first-order valence-electron chi connectivity index (χ1n) is 6.36. The fourth-order valence-corrected chi connectivity index (χ4v) is 2.51. The molecule has 1 aliphatic heterocycles. The molecular weight excluding hydrogens is 224 g/mol. The zero-order chi connectivity index (χ0) is 12.4. The van der Waals surface area contributed by atoms with E-state index in [-0.39, 0.29) is 0 Å². The topological polar surface area (TPSA) is 47.1 Å². The highest BCUT2D eigenvalue weighted by molar-refractivity contribution is 5.17. The summed E-state index contributed by atoms with van der Waals surface area (Å²) in [6, 6.07) is 10.6. The van der Waals surface area contributed by atoms with Crippen LogP contribution in [0, 0.1) is 0 Å². The van der Waals surface area contributed by atoms with E-state index in [0.717, 1.165) is 31.9 Å². The summed E-state index contributed by atoms with van der Waals surface area (Å²) in [5, 5.41) is 0. The van der Waals surface area contributed by atoms with Crippen LogP contribution in [0.1, 0.15) is 17.0 Å². The van der Waals surface area contributed by atoms with Crippen LogP contribution in [0.5, 0.6) is 0 Å². The van der Waals surface area contributed by atoms with Crippen molar-refractivity contribution < 1.29 is 0 Å². The number of hydrogen-bond donors (Lipinski definition) is 1. The van der Waals surface area contributed by atoms with E-state index in [0.29, 0.717) is 6.54 Å². The molecule has 1 aliphatic rings. The Hall–Kier alpha value is -1.65. The molecule has 2 aromatic rings. The predicted octanol–water partition coefficient (Wildman–Crippen LogP) is 1.36. The van der Waals surface area contributed by atoms with Crippen LogP contribution in [0.3, 0.4) is 0 Å². The minimum absolute atomic E-state index is 0.529. The third-order valence-corrected chi connectivity index (χ3v) is 3.51. The van der Waals surface area contributed by atoms with Crippen molar-refractivity contribution in [3.63, 3.8) is 0 Å². The monoisotopic (exact) mass is 242 g/mol. The van der Waals surface area contributed by atoms with Gasteiger partial charge in [-0.1, -0.05) is 30.3 Å². The molecule has 94 valence electrons. The van der Waals surface area contributed by atoms with Gasteiger partial charge in [-0.25, -0.2) is 4.98 Å². The zero-order valence-corrected chi connectivity index (χ0v) is 10.4. The second-order valence-electron chi connectivity index (χ2n) is 4.73. The van der Waals surface area contributed by atoms with Crippen molar-refractivity contribution in [2.75, 3.05) is 6.54 Å². The van der Waals surface area contributed by atoms with E-state index in [1.165, 1.54) is 11.3 Å². The maximum absolute atomic E-state index is 5.72. The fraction of sp³-hybridized carbons (Fsp3) is 0.357. The number of benzene rings is 1. The van der Waals surface area contributed by atoms with Gasteiger partial charge in [-0.3, -0.25) is 4.90 Å². The lowest BCUT2D eigenvalue weighted by molar-refractivity contribution is 0.212. The summed E-state index contributed by atoms with van der Waals surface area (Å²) in [5.41, 5.74) is 9.40. The molecule has 0 amide bonds. The van der Waals surface area contributed by atoms with Crippen LogP contribution in [-0.2, 0) is 26.2 Å². The SMILES string of the molecule is NCc1ncn2c1CN(Cc1ccccc1)CC2. The molecule has 4 nitrogen and oxygen atoms in total. The predicted molar refractivity (Wildman–Crippen MR) is 70.7 cm³/mol. The molecule has 0 unspecified atom stereocenters. The van der Waals surface area contributed by atoms with E-state index in [4.69, 9.17) is 5.73 Å². The van der Waals surface area contributed by atoms with Crippen molar-refractivity contribution in [2.45, 2.75) is 26.2 Å². The van der Waals surface area contributed by atoms with Gasteiger partial charge in [-0.15, -0.1) is 0 Å². The number of fused-ring (bicyclic) bond motifs is 1. The summed E-state index contributed by atoms with van der Waals surface area (Å²) >= 11 is 0. The average Bonchev–Trinajstić information content (AvgIpc) is 2.82. The van der Waals surface area contributed by atoms with Crippen molar-refractivity contribution >= 4 is 0 Å². The van der Waals surface area contributed by atoms with Crippen molar-refractivity contribution in [1.82, 2.24) is 14.5 Å². The summed E-state index contributed by atoms with van der Waals surface area (Å²) < 4.78 is 2.23. The van der Waals surface area contributed by atoms with Gasteiger partial charge in [-0.2, -0.15) is 0 Å². The Labute approximate surface area is 107 Å². The molecule has 0 radical (unpaired) electrons. The maximum atomic E-state index is 5.72. The number of rotatable bonds is 3. The quantitative estimate of drug-likeness (QED) is 0.884. The lowest BCUT2D eigenvalue weighted by atomic mass is 10.2. The van der Waals surface area contributed by atoms with E-state index in [1.54, 1.807) is 0 Å². The third-order valence-electron chi connectivity index (χ3n) is 3.51. The molecule has 2 N–H and O–H groups in total. The van der Waals surface area contributed by atoms with Crippen molar-refractivity contribution in [2.24, 2.45) is 5.73 Å². The smallest absolute Gasteiger partial charge is 0.0953 e. The van der Waals surface area contributed by atoms with Gasteiger partial charge in [0.2, 0.25) is 0 Å². The summed E-state index contributed by atoms with van der Waals surface area (Å²) in [7, 11) is 0. The van der Waals surface area contributed by atoms with E-state index in [1.807, 2.05) is 6.33 Å². The van der Waals surface area contributed by atoms with Gasteiger partial charge in [0.1, 0.15) is 0 Å². The number of nitrogens with two attached hydrogens (primary N) is 1. The van der Waals surface area contributed by atoms with Crippen LogP contribution in [0.4, 0.5) is 0 Å². The minimum Gasteiger partial charge on any atom is -0.332 e. The molecule has 0 saturated heterocycles. The molecule has 4 heteroatoms. The Morgan fingerprint density at radius 3 is 2.78 bits per heavy atom.